The van der Waals surface area contributed by atoms with E-state index in [0.717, 1.165) is 5.75 Å². The van der Waals surface area contributed by atoms with Crippen molar-refractivity contribution in [2.75, 3.05) is 23.6 Å². The Kier molecular flexibility index (Phi) is 6.52. The Bertz CT molecular complexity index is 496. The van der Waals surface area contributed by atoms with Crippen LogP contribution in [0.25, 0.3) is 0 Å². The fourth-order valence-corrected chi connectivity index (χ4v) is 5.24. The van der Waals surface area contributed by atoms with Crippen molar-refractivity contribution in [1.29, 1.82) is 0 Å². The minimum atomic E-state index is 0.694. The second-order valence-corrected chi connectivity index (χ2v) is 8.74. The predicted molar refractivity (Wildman–Crippen MR) is 92.8 cm³/mol. The molecule has 106 valence electrons. The number of hydrogen-bond donors (Lipinski definition) is 0. The summed E-state index contributed by atoms with van der Waals surface area (Å²) in [7, 11) is 4.17. The molecule has 0 aliphatic carbocycles. The fourth-order valence-electron chi connectivity index (χ4n) is 1.84. The van der Waals surface area contributed by atoms with Crippen LogP contribution in [0.5, 0.6) is 0 Å². The van der Waals surface area contributed by atoms with Crippen molar-refractivity contribution in [2.45, 2.75) is 11.1 Å². The maximum absolute atomic E-state index is 2.26. The molecular formula is C17H21NSSe. The van der Waals surface area contributed by atoms with E-state index >= 15 is 0 Å². The third-order valence-electron chi connectivity index (χ3n) is 3.00. The van der Waals surface area contributed by atoms with Crippen molar-refractivity contribution in [3.63, 3.8) is 0 Å². The van der Waals surface area contributed by atoms with E-state index < -0.39 is 0 Å². The van der Waals surface area contributed by atoms with Crippen LogP contribution in [0.1, 0.15) is 11.1 Å². The van der Waals surface area contributed by atoms with Gasteiger partial charge in [0.2, 0.25) is 0 Å². The van der Waals surface area contributed by atoms with Gasteiger partial charge in [-0.25, -0.2) is 0 Å². The summed E-state index contributed by atoms with van der Waals surface area (Å²) in [6, 6.07) is 19.7. The van der Waals surface area contributed by atoms with Crippen LogP contribution in [0.3, 0.4) is 0 Å². The SMILES string of the molecule is CN(C)c1ccc(C[Se]CSCc2ccccc2)cc1. The Morgan fingerprint density at radius 2 is 1.60 bits per heavy atom. The van der Waals surface area contributed by atoms with Gasteiger partial charge in [0.1, 0.15) is 0 Å². The van der Waals surface area contributed by atoms with Gasteiger partial charge in [-0.3, -0.25) is 0 Å². The molecule has 0 radical (unpaired) electrons. The molecule has 0 aromatic heterocycles. The topological polar surface area (TPSA) is 3.24 Å². The van der Waals surface area contributed by atoms with Gasteiger partial charge >= 0.3 is 133 Å². The molecule has 20 heavy (non-hydrogen) atoms. The van der Waals surface area contributed by atoms with E-state index in [1.807, 2.05) is 0 Å². The van der Waals surface area contributed by atoms with Crippen LogP contribution in [0, 0.1) is 0 Å². The first-order valence-corrected chi connectivity index (χ1v) is 10.3. The standard InChI is InChI=1S/C17H21NSSe/c1-18(2)17-10-8-16(9-11-17)13-20-14-19-12-15-6-4-3-5-7-15/h3-11H,12-14H2,1-2H3. The quantitative estimate of drug-likeness (QED) is 0.551. The van der Waals surface area contributed by atoms with Crippen LogP contribution in [0.2, 0.25) is 0 Å². The van der Waals surface area contributed by atoms with Gasteiger partial charge in [-0.2, -0.15) is 0 Å². The van der Waals surface area contributed by atoms with Gasteiger partial charge in [-0.15, -0.1) is 0 Å². The summed E-state index contributed by atoms with van der Waals surface area (Å²) in [5.41, 5.74) is 4.18. The number of rotatable bonds is 7. The van der Waals surface area contributed by atoms with Gasteiger partial charge in [-0.1, -0.05) is 0 Å². The Morgan fingerprint density at radius 1 is 0.900 bits per heavy atom. The summed E-state index contributed by atoms with van der Waals surface area (Å²) in [5, 5.41) is 1.24. The first kappa shape index (κ1) is 15.5. The Labute approximate surface area is 132 Å². The van der Waals surface area contributed by atoms with Crippen molar-refractivity contribution in [3.05, 3.63) is 65.7 Å². The molecule has 3 heteroatoms. The van der Waals surface area contributed by atoms with Crippen molar-refractivity contribution in [3.8, 4) is 0 Å². The second kappa shape index (κ2) is 8.41. The van der Waals surface area contributed by atoms with Gasteiger partial charge in [0.15, 0.2) is 0 Å². The van der Waals surface area contributed by atoms with Crippen LogP contribution in [0.4, 0.5) is 5.69 Å². The number of hydrogen-bond acceptors (Lipinski definition) is 2. The van der Waals surface area contributed by atoms with E-state index in [1.165, 1.54) is 26.8 Å². The molecule has 0 aliphatic heterocycles. The van der Waals surface area contributed by atoms with Gasteiger partial charge in [0, 0.05) is 0 Å². The first-order chi connectivity index (χ1) is 9.75. The minimum absolute atomic E-state index is 0.694. The van der Waals surface area contributed by atoms with Gasteiger partial charge in [-0.05, 0) is 0 Å². The van der Waals surface area contributed by atoms with Crippen molar-refractivity contribution in [1.82, 2.24) is 0 Å². The van der Waals surface area contributed by atoms with E-state index in [-0.39, 0.29) is 0 Å². The van der Waals surface area contributed by atoms with Crippen molar-refractivity contribution >= 4 is 32.4 Å². The molecule has 2 rings (SSSR count). The Balaban J connectivity index is 1.66. The molecule has 0 spiro atoms. The van der Waals surface area contributed by atoms with E-state index in [9.17, 15) is 0 Å². The maximum atomic E-state index is 2.26. The number of benzene rings is 2. The molecule has 0 unspecified atom stereocenters. The zero-order valence-corrected chi connectivity index (χ0v) is 14.6. The van der Waals surface area contributed by atoms with Crippen molar-refractivity contribution in [2.24, 2.45) is 0 Å². The monoisotopic (exact) mass is 351 g/mol. The van der Waals surface area contributed by atoms with Gasteiger partial charge in [0.05, 0.1) is 0 Å². The summed E-state index contributed by atoms with van der Waals surface area (Å²) >= 11 is 2.75. The molecule has 0 amide bonds. The van der Waals surface area contributed by atoms with Crippen LogP contribution in [0.15, 0.2) is 54.6 Å². The predicted octanol–water partition coefficient (Wildman–Crippen LogP) is 3.85. The third-order valence-corrected chi connectivity index (χ3v) is 7.10. The first-order valence-electron chi connectivity index (χ1n) is 6.71. The average Bonchev–Trinajstić information content (AvgIpc) is 2.48. The zero-order chi connectivity index (χ0) is 14.2. The molecule has 0 bridgehead atoms. The summed E-state index contributed by atoms with van der Waals surface area (Å²) < 4.78 is 1.29. The van der Waals surface area contributed by atoms with E-state index in [0.29, 0.717) is 15.0 Å². The third kappa shape index (κ3) is 5.24. The molecule has 0 aliphatic rings. The fraction of sp³-hybridized carbons (Fsp3) is 0.294. The van der Waals surface area contributed by atoms with E-state index in [4.69, 9.17) is 0 Å². The Hall–Kier alpha value is -0.891. The summed E-state index contributed by atoms with van der Waals surface area (Å²) in [4.78, 5) is 2.14. The Morgan fingerprint density at radius 3 is 2.25 bits per heavy atom. The van der Waals surface area contributed by atoms with E-state index in [1.54, 1.807) is 0 Å². The molecule has 2 aromatic carbocycles. The second-order valence-electron chi connectivity index (χ2n) is 4.86. The molecular weight excluding hydrogens is 329 g/mol. The van der Waals surface area contributed by atoms with Crippen LogP contribution >= 0.6 is 11.8 Å². The molecule has 2 aromatic rings. The normalized spacial score (nSPS) is 10.5. The van der Waals surface area contributed by atoms with Crippen molar-refractivity contribution < 1.29 is 0 Å². The summed E-state index contributed by atoms with van der Waals surface area (Å²) in [5.74, 6) is 1.14. The molecule has 0 saturated carbocycles. The molecule has 0 atom stereocenters. The summed E-state index contributed by atoms with van der Waals surface area (Å²) in [6.07, 6.45) is 0. The molecule has 0 fully saturated rings. The molecule has 0 heterocycles. The molecule has 1 nitrogen and oxygen atoms in total. The van der Waals surface area contributed by atoms with Gasteiger partial charge in [0.25, 0.3) is 0 Å². The number of anilines is 1. The number of thioether (sulfide) groups is 1. The number of nitrogens with zero attached hydrogens (tertiary/aromatic N) is 1. The van der Waals surface area contributed by atoms with Gasteiger partial charge < -0.3 is 0 Å². The molecule has 0 saturated heterocycles. The summed E-state index contributed by atoms with van der Waals surface area (Å²) in [6.45, 7) is 0. The average molecular weight is 350 g/mol. The van der Waals surface area contributed by atoms with E-state index in [2.05, 4.69) is 85.4 Å². The zero-order valence-electron chi connectivity index (χ0n) is 12.1. The van der Waals surface area contributed by atoms with Crippen LogP contribution in [-0.2, 0) is 11.1 Å². The van der Waals surface area contributed by atoms with Crippen LogP contribution < -0.4 is 4.90 Å². The van der Waals surface area contributed by atoms with Crippen LogP contribution in [-0.4, -0.2) is 33.7 Å². The molecule has 0 N–H and O–H groups in total.